The maximum Gasteiger partial charge on any atom is 0.573 e. The smallest absolute Gasteiger partial charge is 0.444 e. The Bertz CT molecular complexity index is 1700. The Labute approximate surface area is 313 Å². The number of nitrogens with zero attached hydrogens (tertiary/aromatic N) is 2. The first-order valence-electron chi connectivity index (χ1n) is 16.5. The molecule has 288 valence electrons. The molecule has 0 saturated carbocycles. The van der Waals surface area contributed by atoms with E-state index in [1.165, 1.54) is 29.5 Å². The monoisotopic (exact) mass is 822 g/mol. The first-order chi connectivity index (χ1) is 23.6. The summed E-state index contributed by atoms with van der Waals surface area (Å²) in [7, 11) is 0. The Morgan fingerprint density at radius 1 is 0.788 bits per heavy atom. The molecule has 1 fully saturated rings. The molecule has 3 aromatic rings. The van der Waals surface area contributed by atoms with E-state index in [9.17, 15) is 35.9 Å². The molecule has 2 heterocycles. The lowest BCUT2D eigenvalue weighted by molar-refractivity contribution is -0.275. The Morgan fingerprint density at radius 2 is 1.29 bits per heavy atom. The van der Waals surface area contributed by atoms with Gasteiger partial charge in [-0.2, -0.15) is 0 Å². The molecular formula is C37H45BrF6N2O5S. The van der Waals surface area contributed by atoms with Gasteiger partial charge in [0.1, 0.15) is 17.1 Å². The van der Waals surface area contributed by atoms with Crippen molar-refractivity contribution in [2.45, 2.75) is 110 Å². The van der Waals surface area contributed by atoms with Crippen molar-refractivity contribution in [1.82, 2.24) is 9.88 Å². The molecule has 15 heteroatoms. The van der Waals surface area contributed by atoms with E-state index in [1.54, 1.807) is 11.0 Å². The lowest BCUT2D eigenvalue weighted by Crippen LogP contribution is -2.41. The second kappa shape index (κ2) is 16.4. The maximum absolute atomic E-state index is 12.9. The number of amides is 1. The van der Waals surface area contributed by atoms with Gasteiger partial charge in [0.15, 0.2) is 5.78 Å². The molecule has 7 nitrogen and oxygen atoms in total. The average molecular weight is 824 g/mol. The quantitative estimate of drug-likeness (QED) is 0.140. The van der Waals surface area contributed by atoms with Crippen LogP contribution in [0.3, 0.4) is 0 Å². The number of hydrogen-bond donors (Lipinski definition) is 0. The number of halogens is 7. The van der Waals surface area contributed by atoms with Crippen LogP contribution in [0.1, 0.15) is 108 Å². The summed E-state index contributed by atoms with van der Waals surface area (Å²) in [5.41, 5.74) is 1.49. The van der Waals surface area contributed by atoms with Gasteiger partial charge < -0.3 is 19.1 Å². The number of carbonyl (C=O) groups is 2. The molecule has 0 N–H and O–H groups in total. The zero-order valence-electron chi connectivity index (χ0n) is 30.6. The van der Waals surface area contributed by atoms with Crippen LogP contribution < -0.4 is 9.47 Å². The zero-order chi connectivity index (χ0) is 39.4. The second-order valence-corrected chi connectivity index (χ2v) is 16.9. The number of carbonyl (C=O) groups excluding carboxylic acids is 2. The summed E-state index contributed by atoms with van der Waals surface area (Å²) < 4.78 is 88.9. The van der Waals surface area contributed by atoms with Crippen molar-refractivity contribution in [1.29, 1.82) is 0 Å². The van der Waals surface area contributed by atoms with Gasteiger partial charge in [0.2, 0.25) is 0 Å². The average Bonchev–Trinajstić information content (AvgIpc) is 3.48. The molecule has 0 spiro atoms. The highest BCUT2D eigenvalue weighted by Gasteiger charge is 2.34. The minimum Gasteiger partial charge on any atom is -0.444 e. The molecule has 1 saturated heterocycles. The lowest BCUT2D eigenvalue weighted by Gasteiger charge is -2.32. The molecule has 2 aromatic carbocycles. The van der Waals surface area contributed by atoms with E-state index in [1.807, 2.05) is 73.8 Å². The summed E-state index contributed by atoms with van der Waals surface area (Å²) in [4.78, 5) is 30.4. The number of alkyl halides is 7. The summed E-state index contributed by atoms with van der Waals surface area (Å²) in [6.07, 6.45) is -8.32. The Balaban J connectivity index is 0.000000326. The normalized spacial score (nSPS) is 14.7. The van der Waals surface area contributed by atoms with E-state index in [-0.39, 0.29) is 51.0 Å². The SMILES string of the molecule is CC(C)(C)OC(=O)N1CCC(c2nc(-c3cc(OC(F)(F)F)cc(C(C)(C)C)c3)cs2)CC1.CC(C)(C)c1cc(OC(F)(F)F)cc(C(=O)CBr)c1. The number of ether oxygens (including phenoxy) is 3. The van der Waals surface area contributed by atoms with Crippen molar-refractivity contribution in [2.75, 3.05) is 18.4 Å². The number of benzene rings is 2. The Kier molecular flexibility index (Phi) is 13.6. The minimum atomic E-state index is -4.77. The molecule has 0 atom stereocenters. The van der Waals surface area contributed by atoms with Crippen LogP contribution in [0.15, 0.2) is 41.8 Å². The van der Waals surface area contributed by atoms with E-state index in [0.717, 1.165) is 29.5 Å². The number of Topliss-reactive ketones (excluding diaryl/α,β-unsaturated/α-hetero) is 1. The molecule has 1 amide bonds. The minimum absolute atomic E-state index is 0.0477. The predicted octanol–water partition coefficient (Wildman–Crippen LogP) is 11.6. The highest BCUT2D eigenvalue weighted by molar-refractivity contribution is 9.09. The third kappa shape index (κ3) is 13.6. The van der Waals surface area contributed by atoms with Gasteiger partial charge >= 0.3 is 18.8 Å². The number of aromatic nitrogens is 1. The van der Waals surface area contributed by atoms with Gasteiger partial charge in [-0.1, -0.05) is 57.5 Å². The molecule has 0 unspecified atom stereocenters. The van der Waals surface area contributed by atoms with E-state index in [0.29, 0.717) is 29.9 Å². The van der Waals surface area contributed by atoms with Crippen LogP contribution in [0.5, 0.6) is 11.5 Å². The highest BCUT2D eigenvalue weighted by Crippen LogP contribution is 2.38. The van der Waals surface area contributed by atoms with Gasteiger partial charge in [-0.3, -0.25) is 4.79 Å². The summed E-state index contributed by atoms with van der Waals surface area (Å²) in [5.74, 6) is -0.716. The fraction of sp³-hybridized carbons (Fsp3) is 0.541. The van der Waals surface area contributed by atoms with Crippen LogP contribution in [0.4, 0.5) is 31.1 Å². The number of thiazole rings is 1. The lowest BCUT2D eigenvalue weighted by atomic mass is 9.85. The van der Waals surface area contributed by atoms with E-state index in [4.69, 9.17) is 9.72 Å². The van der Waals surface area contributed by atoms with Gasteiger partial charge in [-0.25, -0.2) is 9.78 Å². The number of hydrogen-bond acceptors (Lipinski definition) is 7. The summed E-state index contributed by atoms with van der Waals surface area (Å²) in [6, 6.07) is 8.67. The standard InChI is InChI=1S/C24H31F3N2O3S.C13H14BrF3O2/c1-22(2,3)17-11-16(12-18(13-17)31-24(25,26)27)19-14-33-20(28-19)15-7-9-29(10-8-15)21(30)32-23(4,5)6;1-12(2,3)9-4-8(11(18)7-14)5-10(6-9)19-13(15,16)17/h11-15H,7-10H2,1-6H3;4-6H,7H2,1-3H3. The maximum atomic E-state index is 12.9. The Hall–Kier alpha value is -3.33. The van der Waals surface area contributed by atoms with Crippen LogP contribution in [0.2, 0.25) is 0 Å². The van der Waals surface area contributed by atoms with Crippen LogP contribution in [0, 0.1) is 0 Å². The Morgan fingerprint density at radius 3 is 1.75 bits per heavy atom. The number of likely N-dealkylation sites (tertiary alicyclic amines) is 1. The highest BCUT2D eigenvalue weighted by atomic mass is 79.9. The van der Waals surface area contributed by atoms with Crippen molar-refractivity contribution < 1.29 is 50.1 Å². The van der Waals surface area contributed by atoms with Gasteiger partial charge in [0.05, 0.1) is 16.0 Å². The van der Waals surface area contributed by atoms with Crippen LogP contribution >= 0.6 is 27.3 Å². The van der Waals surface area contributed by atoms with Crippen LogP contribution in [-0.2, 0) is 15.6 Å². The molecule has 1 aliphatic rings. The fourth-order valence-corrected chi connectivity index (χ4v) is 6.40. The summed E-state index contributed by atoms with van der Waals surface area (Å²) in [6.45, 7) is 18.1. The van der Waals surface area contributed by atoms with Gasteiger partial charge in [-0.15, -0.1) is 37.7 Å². The molecule has 0 aliphatic carbocycles. The van der Waals surface area contributed by atoms with Crippen molar-refractivity contribution in [3.8, 4) is 22.8 Å². The van der Waals surface area contributed by atoms with E-state index < -0.39 is 18.3 Å². The second-order valence-electron chi connectivity index (χ2n) is 15.5. The topological polar surface area (TPSA) is 78.0 Å². The number of rotatable bonds is 6. The largest absolute Gasteiger partial charge is 0.573 e. The zero-order valence-corrected chi connectivity index (χ0v) is 33.0. The summed E-state index contributed by atoms with van der Waals surface area (Å²) in [5, 5.41) is 2.84. The summed E-state index contributed by atoms with van der Waals surface area (Å²) >= 11 is 4.49. The third-order valence-corrected chi connectivity index (χ3v) is 9.29. The van der Waals surface area contributed by atoms with Crippen molar-refractivity contribution in [3.63, 3.8) is 0 Å². The number of piperidine rings is 1. The van der Waals surface area contributed by atoms with Gasteiger partial charge in [0.25, 0.3) is 0 Å². The molecule has 1 aromatic heterocycles. The van der Waals surface area contributed by atoms with Crippen molar-refractivity contribution in [2.24, 2.45) is 0 Å². The van der Waals surface area contributed by atoms with E-state index in [2.05, 4.69) is 25.4 Å². The first-order valence-corrected chi connectivity index (χ1v) is 18.5. The molecule has 1 aliphatic heterocycles. The molecule has 52 heavy (non-hydrogen) atoms. The van der Waals surface area contributed by atoms with Crippen molar-refractivity contribution in [3.05, 3.63) is 63.5 Å². The number of ketones is 1. The fourth-order valence-electron chi connectivity index (χ4n) is 5.08. The molecule has 0 bridgehead atoms. The van der Waals surface area contributed by atoms with Gasteiger partial charge in [-0.05, 0) is 92.0 Å². The molecular weight excluding hydrogens is 778 g/mol. The van der Waals surface area contributed by atoms with Crippen molar-refractivity contribution >= 4 is 39.1 Å². The van der Waals surface area contributed by atoms with Gasteiger partial charge in [0, 0.05) is 35.5 Å². The van der Waals surface area contributed by atoms with Crippen LogP contribution in [-0.4, -0.2) is 58.5 Å². The van der Waals surface area contributed by atoms with Crippen LogP contribution in [0.25, 0.3) is 11.3 Å². The third-order valence-electron chi connectivity index (χ3n) is 7.77. The molecule has 0 radical (unpaired) electrons. The molecule has 4 rings (SSSR count). The van der Waals surface area contributed by atoms with E-state index >= 15 is 0 Å². The predicted molar refractivity (Wildman–Crippen MR) is 193 cm³/mol. The first kappa shape index (κ1) is 43.1.